The van der Waals surface area contributed by atoms with Crippen LogP contribution in [-0.4, -0.2) is 13.7 Å². The lowest BCUT2D eigenvalue weighted by atomic mass is 9.94. The van der Waals surface area contributed by atoms with E-state index in [1.807, 2.05) is 12.1 Å². The minimum Gasteiger partial charge on any atom is -0.496 e. The third-order valence-corrected chi connectivity index (χ3v) is 4.44. The Hall–Kier alpha value is -0.840. The highest BCUT2D eigenvalue weighted by molar-refractivity contribution is 9.10. The fraction of sp³-hybridized carbons (Fsp3) is 0.294. The summed E-state index contributed by atoms with van der Waals surface area (Å²) in [5.41, 5.74) is 3.65. The molecule has 0 bridgehead atoms. The molecule has 0 aliphatic rings. The van der Waals surface area contributed by atoms with E-state index >= 15 is 0 Å². The molecule has 1 unspecified atom stereocenters. The van der Waals surface area contributed by atoms with Gasteiger partial charge >= 0.3 is 0 Å². The maximum Gasteiger partial charge on any atom is 0.124 e. The minimum atomic E-state index is 0.107. The van der Waals surface area contributed by atoms with Crippen LogP contribution in [0.15, 0.2) is 45.3 Å². The van der Waals surface area contributed by atoms with E-state index in [-0.39, 0.29) is 6.04 Å². The molecule has 0 spiro atoms. The molecule has 0 amide bonds. The zero-order valence-corrected chi connectivity index (χ0v) is 15.6. The number of methoxy groups -OCH3 is 1. The number of rotatable bonds is 5. The van der Waals surface area contributed by atoms with Crippen molar-refractivity contribution >= 4 is 31.9 Å². The van der Waals surface area contributed by atoms with E-state index < -0.39 is 0 Å². The van der Waals surface area contributed by atoms with Crippen molar-refractivity contribution in [2.24, 2.45) is 0 Å². The predicted octanol–water partition coefficient (Wildman–Crippen LogP) is 5.23. The fourth-order valence-corrected chi connectivity index (χ4v) is 3.34. The van der Waals surface area contributed by atoms with Gasteiger partial charge in [-0.3, -0.25) is 0 Å². The smallest absolute Gasteiger partial charge is 0.124 e. The molecule has 0 radical (unpaired) electrons. The molecular formula is C17H19Br2NO. The molecule has 0 saturated heterocycles. The molecule has 0 fully saturated rings. The number of benzene rings is 2. The summed E-state index contributed by atoms with van der Waals surface area (Å²) in [4.78, 5) is 0. The molecular weight excluding hydrogens is 394 g/mol. The zero-order valence-electron chi connectivity index (χ0n) is 12.4. The summed E-state index contributed by atoms with van der Waals surface area (Å²) in [6.45, 7) is 5.14. The molecule has 0 heterocycles. The van der Waals surface area contributed by atoms with Crippen molar-refractivity contribution in [2.75, 3.05) is 13.7 Å². The van der Waals surface area contributed by atoms with Crippen LogP contribution in [0.1, 0.15) is 29.7 Å². The van der Waals surface area contributed by atoms with E-state index in [1.165, 1.54) is 11.1 Å². The number of ether oxygens (including phenoxy) is 1. The molecule has 0 aromatic heterocycles. The second-order valence-corrected chi connectivity index (χ2v) is 6.71. The van der Waals surface area contributed by atoms with Crippen LogP contribution in [0.5, 0.6) is 5.75 Å². The Kier molecular flexibility index (Phi) is 5.85. The summed E-state index contributed by atoms with van der Waals surface area (Å²) in [5, 5.41) is 3.56. The minimum absolute atomic E-state index is 0.107. The normalized spacial score (nSPS) is 12.2. The van der Waals surface area contributed by atoms with Crippen molar-refractivity contribution < 1.29 is 4.74 Å². The standard InChI is InChI=1S/C17H19Br2NO/c1-4-20-17(14-7-5-12(18)9-11(14)2)15-10-13(19)6-8-16(15)21-3/h5-10,17,20H,4H2,1-3H3. The summed E-state index contributed by atoms with van der Waals surface area (Å²) >= 11 is 7.08. The summed E-state index contributed by atoms with van der Waals surface area (Å²) in [6.07, 6.45) is 0. The highest BCUT2D eigenvalue weighted by atomic mass is 79.9. The quantitative estimate of drug-likeness (QED) is 0.725. The molecule has 2 aromatic carbocycles. The van der Waals surface area contributed by atoms with Crippen LogP contribution in [-0.2, 0) is 0 Å². The van der Waals surface area contributed by atoms with E-state index in [0.29, 0.717) is 0 Å². The van der Waals surface area contributed by atoms with Crippen LogP contribution < -0.4 is 10.1 Å². The second-order valence-electron chi connectivity index (χ2n) is 4.88. The zero-order chi connectivity index (χ0) is 15.4. The Labute approximate surface area is 143 Å². The summed E-state index contributed by atoms with van der Waals surface area (Å²) < 4.78 is 7.69. The molecule has 0 aliphatic carbocycles. The average Bonchev–Trinajstić information content (AvgIpc) is 2.45. The Morgan fingerprint density at radius 3 is 2.33 bits per heavy atom. The molecule has 1 N–H and O–H groups in total. The topological polar surface area (TPSA) is 21.3 Å². The van der Waals surface area contributed by atoms with Gasteiger partial charge in [-0.15, -0.1) is 0 Å². The van der Waals surface area contributed by atoms with E-state index in [9.17, 15) is 0 Å². The van der Waals surface area contributed by atoms with Crippen LogP contribution >= 0.6 is 31.9 Å². The van der Waals surface area contributed by atoms with Gasteiger partial charge in [-0.1, -0.05) is 44.8 Å². The van der Waals surface area contributed by atoms with Gasteiger partial charge in [0.15, 0.2) is 0 Å². The fourth-order valence-electron chi connectivity index (χ4n) is 2.49. The van der Waals surface area contributed by atoms with Crippen LogP contribution in [0, 0.1) is 6.92 Å². The van der Waals surface area contributed by atoms with Gasteiger partial charge in [0.05, 0.1) is 13.2 Å². The average molecular weight is 413 g/mol. The van der Waals surface area contributed by atoms with Crippen molar-refractivity contribution in [2.45, 2.75) is 19.9 Å². The molecule has 21 heavy (non-hydrogen) atoms. The molecule has 112 valence electrons. The van der Waals surface area contributed by atoms with E-state index in [1.54, 1.807) is 7.11 Å². The van der Waals surface area contributed by atoms with Gasteiger partial charge in [0, 0.05) is 14.5 Å². The Balaban J connectivity index is 2.55. The van der Waals surface area contributed by atoms with Crippen molar-refractivity contribution in [3.63, 3.8) is 0 Å². The monoisotopic (exact) mass is 411 g/mol. The lowest BCUT2D eigenvalue weighted by Crippen LogP contribution is -2.23. The Morgan fingerprint density at radius 1 is 1.05 bits per heavy atom. The molecule has 4 heteroatoms. The molecule has 0 aliphatic heterocycles. The number of halogens is 2. The molecule has 2 nitrogen and oxygen atoms in total. The highest BCUT2D eigenvalue weighted by Gasteiger charge is 2.19. The summed E-state index contributed by atoms with van der Waals surface area (Å²) in [5.74, 6) is 0.895. The van der Waals surface area contributed by atoms with Gasteiger partial charge in [-0.25, -0.2) is 0 Å². The first-order valence-electron chi connectivity index (χ1n) is 6.89. The molecule has 2 rings (SSSR count). The van der Waals surface area contributed by atoms with Crippen LogP contribution in [0.25, 0.3) is 0 Å². The molecule has 1 atom stereocenters. The summed E-state index contributed by atoms with van der Waals surface area (Å²) in [7, 11) is 1.71. The molecule has 2 aromatic rings. The Bertz CT molecular complexity index is 628. The first-order valence-corrected chi connectivity index (χ1v) is 8.48. The van der Waals surface area contributed by atoms with Crippen molar-refractivity contribution in [1.29, 1.82) is 0 Å². The third kappa shape index (κ3) is 3.87. The first kappa shape index (κ1) is 16.5. The van der Waals surface area contributed by atoms with E-state index in [4.69, 9.17) is 4.74 Å². The maximum atomic E-state index is 5.54. The lowest BCUT2D eigenvalue weighted by molar-refractivity contribution is 0.404. The van der Waals surface area contributed by atoms with Gasteiger partial charge < -0.3 is 10.1 Å². The molecule has 0 saturated carbocycles. The van der Waals surface area contributed by atoms with Crippen molar-refractivity contribution in [3.05, 3.63) is 62.0 Å². The van der Waals surface area contributed by atoms with Gasteiger partial charge in [0.25, 0.3) is 0 Å². The number of hydrogen-bond acceptors (Lipinski definition) is 2. The number of nitrogens with one attached hydrogen (secondary N) is 1. The van der Waals surface area contributed by atoms with Crippen molar-refractivity contribution in [1.82, 2.24) is 5.32 Å². The largest absolute Gasteiger partial charge is 0.496 e. The van der Waals surface area contributed by atoms with Gasteiger partial charge in [-0.05, 0) is 54.9 Å². The van der Waals surface area contributed by atoms with Crippen LogP contribution in [0.2, 0.25) is 0 Å². The van der Waals surface area contributed by atoms with Crippen LogP contribution in [0.3, 0.4) is 0 Å². The Morgan fingerprint density at radius 2 is 1.71 bits per heavy atom. The van der Waals surface area contributed by atoms with Crippen LogP contribution in [0.4, 0.5) is 0 Å². The number of aryl methyl sites for hydroxylation is 1. The van der Waals surface area contributed by atoms with Gasteiger partial charge in [-0.2, -0.15) is 0 Å². The third-order valence-electron chi connectivity index (χ3n) is 3.45. The van der Waals surface area contributed by atoms with Crippen molar-refractivity contribution in [3.8, 4) is 5.75 Å². The lowest BCUT2D eigenvalue weighted by Gasteiger charge is -2.23. The SMILES string of the molecule is CCNC(c1ccc(Br)cc1C)c1cc(Br)ccc1OC. The predicted molar refractivity (Wildman–Crippen MR) is 95.1 cm³/mol. The van der Waals surface area contributed by atoms with E-state index in [2.05, 4.69) is 75.3 Å². The van der Waals surface area contributed by atoms with Gasteiger partial charge in [0.2, 0.25) is 0 Å². The van der Waals surface area contributed by atoms with Gasteiger partial charge in [0.1, 0.15) is 5.75 Å². The highest BCUT2D eigenvalue weighted by Crippen LogP contribution is 2.34. The second kappa shape index (κ2) is 7.43. The maximum absolute atomic E-state index is 5.54. The summed E-state index contributed by atoms with van der Waals surface area (Å²) in [6, 6.07) is 12.6. The number of hydrogen-bond donors (Lipinski definition) is 1. The van der Waals surface area contributed by atoms with E-state index in [0.717, 1.165) is 26.8 Å². The first-order chi connectivity index (χ1) is 10.1.